The average molecular weight is 413 g/mol. The Hall–Kier alpha value is -3.00. The normalized spacial score (nSPS) is 10.7. The Morgan fingerprint density at radius 3 is 2.69 bits per heavy atom. The zero-order valence-electron chi connectivity index (χ0n) is 16.4. The number of esters is 1. The summed E-state index contributed by atoms with van der Waals surface area (Å²) in [5.41, 5.74) is 2.47. The number of hydrogen-bond donors (Lipinski definition) is 1. The van der Waals surface area contributed by atoms with Crippen LogP contribution in [0.3, 0.4) is 0 Å². The molecule has 0 aliphatic heterocycles. The molecule has 0 radical (unpaired) electrons. The molecule has 0 fully saturated rings. The Bertz CT molecular complexity index is 1000. The molecule has 0 unspecified atom stereocenters. The summed E-state index contributed by atoms with van der Waals surface area (Å²) >= 11 is 1.31. The number of rotatable bonds is 9. The van der Waals surface area contributed by atoms with Gasteiger partial charge >= 0.3 is 5.97 Å². The highest BCUT2D eigenvalue weighted by Crippen LogP contribution is 2.25. The third kappa shape index (κ3) is 5.29. The molecule has 1 heterocycles. The molecule has 2 aromatic carbocycles. The van der Waals surface area contributed by atoms with Crippen LogP contribution in [0.2, 0.25) is 0 Å². The van der Waals surface area contributed by atoms with Crippen LogP contribution in [0.5, 0.6) is 5.75 Å². The van der Waals surface area contributed by atoms with Gasteiger partial charge in [0, 0.05) is 6.54 Å². The number of aryl methyl sites for hydroxylation is 1. The quantitative estimate of drug-likeness (QED) is 0.425. The number of aromatic nitrogens is 2. The van der Waals surface area contributed by atoms with Gasteiger partial charge in [-0.15, -0.1) is 0 Å². The van der Waals surface area contributed by atoms with Crippen LogP contribution in [0, 0.1) is 0 Å². The smallest absolute Gasteiger partial charge is 0.316 e. The van der Waals surface area contributed by atoms with Gasteiger partial charge in [-0.05, 0) is 30.7 Å². The number of imidazole rings is 1. The lowest BCUT2D eigenvalue weighted by Gasteiger charge is -2.10. The average Bonchev–Trinajstić information content (AvgIpc) is 3.09. The number of nitrogens with one attached hydrogen (secondary N) is 1. The number of ether oxygens (including phenoxy) is 2. The number of nitrogens with zero attached hydrogens (tertiary/aromatic N) is 2. The minimum Gasteiger partial charge on any atom is -0.495 e. The molecule has 8 heteroatoms. The molecule has 3 rings (SSSR count). The molecular formula is C21H23N3O4S. The molecule has 1 N–H and O–H groups in total. The molecule has 152 valence electrons. The maximum atomic E-state index is 12.1. The second kappa shape index (κ2) is 9.97. The molecule has 3 aromatic rings. The SMILES string of the molecule is CCCn1c(SCC(=O)OCC(=O)Nc2ccccc2OC)nc2ccccc21. The third-order valence-electron chi connectivity index (χ3n) is 4.13. The molecule has 0 spiro atoms. The highest BCUT2D eigenvalue weighted by molar-refractivity contribution is 7.99. The maximum absolute atomic E-state index is 12.1. The van der Waals surface area contributed by atoms with Crippen LogP contribution >= 0.6 is 11.8 Å². The molecule has 29 heavy (non-hydrogen) atoms. The number of methoxy groups -OCH3 is 1. The first-order valence-electron chi connectivity index (χ1n) is 9.29. The van der Waals surface area contributed by atoms with Crippen molar-refractivity contribution in [2.75, 3.05) is 24.8 Å². The van der Waals surface area contributed by atoms with Crippen LogP contribution in [-0.2, 0) is 20.9 Å². The van der Waals surface area contributed by atoms with Crippen molar-refractivity contribution in [2.24, 2.45) is 0 Å². The van der Waals surface area contributed by atoms with Gasteiger partial charge in [0.15, 0.2) is 11.8 Å². The number of para-hydroxylation sites is 4. The van der Waals surface area contributed by atoms with Gasteiger partial charge in [0.1, 0.15) is 5.75 Å². The van der Waals surface area contributed by atoms with E-state index in [0.29, 0.717) is 11.4 Å². The van der Waals surface area contributed by atoms with Crippen LogP contribution in [0.1, 0.15) is 13.3 Å². The number of carbonyl (C=O) groups is 2. The lowest BCUT2D eigenvalue weighted by molar-refractivity contribution is -0.144. The molecule has 7 nitrogen and oxygen atoms in total. The van der Waals surface area contributed by atoms with Crippen LogP contribution in [-0.4, -0.2) is 40.9 Å². The van der Waals surface area contributed by atoms with E-state index in [2.05, 4.69) is 21.8 Å². The van der Waals surface area contributed by atoms with Gasteiger partial charge in [0.25, 0.3) is 5.91 Å². The maximum Gasteiger partial charge on any atom is 0.316 e. The summed E-state index contributed by atoms with van der Waals surface area (Å²) in [6.45, 7) is 2.56. The standard InChI is InChI=1S/C21H23N3O4S/c1-3-12-24-17-10-6-4-8-15(17)23-21(24)29-14-20(26)28-13-19(25)22-16-9-5-7-11-18(16)27-2/h4-11H,3,12-14H2,1-2H3,(H,22,25). The minimum absolute atomic E-state index is 0.0783. The van der Waals surface area contributed by atoms with E-state index in [4.69, 9.17) is 9.47 Å². The molecular weight excluding hydrogens is 390 g/mol. The van der Waals surface area contributed by atoms with Crippen LogP contribution < -0.4 is 10.1 Å². The van der Waals surface area contributed by atoms with Crippen LogP contribution in [0.25, 0.3) is 11.0 Å². The van der Waals surface area contributed by atoms with Crippen molar-refractivity contribution in [3.8, 4) is 5.75 Å². The summed E-state index contributed by atoms with van der Waals surface area (Å²) in [4.78, 5) is 28.7. The summed E-state index contributed by atoms with van der Waals surface area (Å²) in [5.74, 6) is -0.279. The summed E-state index contributed by atoms with van der Waals surface area (Å²) in [6.07, 6.45) is 0.960. The number of hydrogen-bond acceptors (Lipinski definition) is 6. The molecule has 0 atom stereocenters. The third-order valence-corrected chi connectivity index (χ3v) is 5.08. The van der Waals surface area contributed by atoms with E-state index in [1.165, 1.54) is 18.9 Å². The van der Waals surface area contributed by atoms with Crippen molar-refractivity contribution in [1.29, 1.82) is 0 Å². The monoisotopic (exact) mass is 413 g/mol. The van der Waals surface area contributed by atoms with Gasteiger partial charge in [-0.25, -0.2) is 4.98 Å². The number of thioether (sulfide) groups is 1. The first kappa shape index (κ1) is 20.7. The topological polar surface area (TPSA) is 82.5 Å². The Kier molecular flexibility index (Phi) is 7.13. The van der Waals surface area contributed by atoms with Crippen molar-refractivity contribution < 1.29 is 19.1 Å². The van der Waals surface area contributed by atoms with E-state index < -0.39 is 11.9 Å². The molecule has 0 aliphatic rings. The fraction of sp³-hybridized carbons (Fsp3) is 0.286. The highest BCUT2D eigenvalue weighted by atomic mass is 32.2. The Morgan fingerprint density at radius 2 is 1.90 bits per heavy atom. The lowest BCUT2D eigenvalue weighted by atomic mass is 10.3. The number of carbonyl (C=O) groups excluding carboxylic acids is 2. The van der Waals surface area contributed by atoms with E-state index in [1.807, 2.05) is 24.3 Å². The van der Waals surface area contributed by atoms with E-state index in [9.17, 15) is 9.59 Å². The van der Waals surface area contributed by atoms with Gasteiger partial charge in [-0.3, -0.25) is 9.59 Å². The zero-order chi connectivity index (χ0) is 20.6. The summed E-state index contributed by atoms with van der Waals surface area (Å²) < 4.78 is 12.4. The molecule has 1 aromatic heterocycles. The Morgan fingerprint density at radius 1 is 1.14 bits per heavy atom. The second-order valence-electron chi connectivity index (χ2n) is 6.23. The summed E-state index contributed by atoms with van der Waals surface area (Å²) in [7, 11) is 1.52. The molecule has 0 saturated heterocycles. The summed E-state index contributed by atoms with van der Waals surface area (Å²) in [6, 6.07) is 14.9. The van der Waals surface area contributed by atoms with Crippen molar-refractivity contribution in [1.82, 2.24) is 9.55 Å². The largest absolute Gasteiger partial charge is 0.495 e. The number of anilines is 1. The van der Waals surface area contributed by atoms with Crippen molar-refractivity contribution in [3.05, 3.63) is 48.5 Å². The molecule has 0 bridgehead atoms. The Balaban J connectivity index is 1.53. The molecule has 0 aliphatic carbocycles. The minimum atomic E-state index is -0.472. The number of benzene rings is 2. The fourth-order valence-electron chi connectivity index (χ4n) is 2.85. The molecule has 1 amide bonds. The summed E-state index contributed by atoms with van der Waals surface area (Å²) in [5, 5.41) is 3.44. The van der Waals surface area contributed by atoms with E-state index in [1.54, 1.807) is 24.3 Å². The van der Waals surface area contributed by atoms with Gasteiger partial charge in [-0.2, -0.15) is 0 Å². The van der Waals surface area contributed by atoms with E-state index in [-0.39, 0.29) is 12.4 Å². The second-order valence-corrected chi connectivity index (χ2v) is 7.18. The van der Waals surface area contributed by atoms with Gasteiger partial charge in [-0.1, -0.05) is 43.0 Å². The zero-order valence-corrected chi connectivity index (χ0v) is 17.2. The Labute approximate surface area is 173 Å². The van der Waals surface area contributed by atoms with Crippen LogP contribution in [0.15, 0.2) is 53.7 Å². The predicted octanol–water partition coefficient (Wildman–Crippen LogP) is 3.73. The lowest BCUT2D eigenvalue weighted by Crippen LogP contribution is -2.22. The number of amides is 1. The highest BCUT2D eigenvalue weighted by Gasteiger charge is 2.14. The van der Waals surface area contributed by atoms with Crippen molar-refractivity contribution >= 4 is 40.4 Å². The van der Waals surface area contributed by atoms with Crippen LogP contribution in [0.4, 0.5) is 5.69 Å². The van der Waals surface area contributed by atoms with Gasteiger partial charge < -0.3 is 19.4 Å². The van der Waals surface area contributed by atoms with Crippen molar-refractivity contribution in [2.45, 2.75) is 25.0 Å². The fourth-order valence-corrected chi connectivity index (χ4v) is 3.69. The first-order chi connectivity index (χ1) is 14.1. The van der Waals surface area contributed by atoms with Gasteiger partial charge in [0.05, 0.1) is 29.6 Å². The predicted molar refractivity (Wildman–Crippen MR) is 113 cm³/mol. The van der Waals surface area contributed by atoms with Crippen molar-refractivity contribution in [3.63, 3.8) is 0 Å². The van der Waals surface area contributed by atoms with E-state index in [0.717, 1.165) is 29.2 Å². The van der Waals surface area contributed by atoms with E-state index >= 15 is 0 Å². The first-order valence-corrected chi connectivity index (χ1v) is 10.3. The number of fused-ring (bicyclic) bond motifs is 1. The van der Waals surface area contributed by atoms with Gasteiger partial charge in [0.2, 0.25) is 0 Å². The molecule has 0 saturated carbocycles.